The number of nitrogens with one attached hydrogen (secondary N) is 2. The highest BCUT2D eigenvalue weighted by atomic mass is 32.1. The predicted molar refractivity (Wildman–Crippen MR) is 57.6 cm³/mol. The van der Waals surface area contributed by atoms with E-state index in [0.717, 1.165) is 12.0 Å². The van der Waals surface area contributed by atoms with Crippen molar-refractivity contribution in [2.75, 3.05) is 0 Å². The molecule has 1 aromatic rings. The monoisotopic (exact) mass is 224 g/mol. The number of thiophene rings is 1. The second-order valence-corrected chi connectivity index (χ2v) is 4.36. The van der Waals surface area contributed by atoms with E-state index in [0.29, 0.717) is 6.42 Å². The molecule has 0 aromatic carbocycles. The molecular formula is C10H12N2O2S. The van der Waals surface area contributed by atoms with Gasteiger partial charge in [-0.05, 0) is 28.8 Å². The first-order valence-electron chi connectivity index (χ1n) is 4.85. The van der Waals surface area contributed by atoms with Crippen LogP contribution in [0.1, 0.15) is 25.3 Å². The van der Waals surface area contributed by atoms with E-state index in [1.54, 1.807) is 0 Å². The first-order valence-corrected chi connectivity index (χ1v) is 5.79. The van der Waals surface area contributed by atoms with Crippen LogP contribution < -0.4 is 10.6 Å². The van der Waals surface area contributed by atoms with Crippen LogP contribution in [0.5, 0.6) is 0 Å². The van der Waals surface area contributed by atoms with Crippen LogP contribution in [0, 0.1) is 0 Å². The first kappa shape index (κ1) is 10.2. The van der Waals surface area contributed by atoms with Crippen molar-refractivity contribution in [3.05, 3.63) is 22.4 Å². The minimum atomic E-state index is -0.841. The number of hydrogen-bond donors (Lipinski definition) is 2. The summed E-state index contributed by atoms with van der Waals surface area (Å²) < 4.78 is 0. The summed E-state index contributed by atoms with van der Waals surface area (Å²) >= 11 is 1.52. The standard InChI is InChI=1S/C10H12N2O2S/c1-2-4-10(7-3-5-15-6-7)8(13)11-9(14)12-10/h3,5-6H,2,4H2,1H3,(H2,11,12,13,14)/t10-/m1/s1. The van der Waals surface area contributed by atoms with Gasteiger partial charge in [-0.3, -0.25) is 10.1 Å². The Bertz CT molecular complexity index is 388. The lowest BCUT2D eigenvalue weighted by Crippen LogP contribution is -2.43. The Morgan fingerprint density at radius 2 is 2.27 bits per heavy atom. The summed E-state index contributed by atoms with van der Waals surface area (Å²) in [6, 6.07) is 1.48. The molecule has 2 heterocycles. The Hall–Kier alpha value is -1.36. The highest BCUT2D eigenvalue weighted by Gasteiger charge is 2.46. The van der Waals surface area contributed by atoms with Crippen LogP contribution in [0.25, 0.3) is 0 Å². The maximum absolute atomic E-state index is 11.8. The number of rotatable bonds is 3. The van der Waals surface area contributed by atoms with Crippen molar-refractivity contribution in [3.8, 4) is 0 Å². The summed E-state index contributed by atoms with van der Waals surface area (Å²) in [6.45, 7) is 1.99. The van der Waals surface area contributed by atoms with Crippen LogP contribution >= 0.6 is 11.3 Å². The van der Waals surface area contributed by atoms with E-state index in [1.165, 1.54) is 11.3 Å². The molecule has 1 saturated heterocycles. The average molecular weight is 224 g/mol. The van der Waals surface area contributed by atoms with Crippen molar-refractivity contribution in [2.24, 2.45) is 0 Å². The Balaban J connectivity index is 2.41. The van der Waals surface area contributed by atoms with Gasteiger partial charge in [0.2, 0.25) is 0 Å². The number of carbonyl (C=O) groups is 2. The number of carbonyl (C=O) groups excluding carboxylic acids is 2. The molecule has 2 N–H and O–H groups in total. The van der Waals surface area contributed by atoms with Crippen LogP contribution in [0.15, 0.2) is 16.8 Å². The minimum Gasteiger partial charge on any atom is -0.319 e. The SMILES string of the molecule is CCC[C@]1(c2ccsc2)NC(=O)NC1=O. The quantitative estimate of drug-likeness (QED) is 0.766. The smallest absolute Gasteiger partial charge is 0.319 e. The molecule has 3 amide bonds. The van der Waals surface area contributed by atoms with Crippen LogP contribution in [-0.4, -0.2) is 11.9 Å². The normalized spacial score (nSPS) is 25.1. The summed E-state index contributed by atoms with van der Waals surface area (Å²) in [5.74, 6) is -0.243. The third-order valence-corrected chi connectivity index (χ3v) is 3.26. The van der Waals surface area contributed by atoms with Gasteiger partial charge in [-0.1, -0.05) is 13.3 Å². The lowest BCUT2D eigenvalue weighted by atomic mass is 9.88. The Kier molecular flexibility index (Phi) is 2.48. The van der Waals surface area contributed by atoms with Gasteiger partial charge in [-0.2, -0.15) is 11.3 Å². The zero-order valence-electron chi connectivity index (χ0n) is 8.37. The summed E-state index contributed by atoms with van der Waals surface area (Å²) in [6.07, 6.45) is 1.46. The fourth-order valence-corrected chi connectivity index (χ4v) is 2.63. The number of hydrogen-bond acceptors (Lipinski definition) is 3. The Labute approximate surface area is 91.7 Å². The minimum absolute atomic E-state index is 0.243. The van der Waals surface area contributed by atoms with E-state index in [1.807, 2.05) is 23.8 Å². The van der Waals surface area contributed by atoms with Gasteiger partial charge in [0.15, 0.2) is 0 Å². The molecule has 15 heavy (non-hydrogen) atoms. The largest absolute Gasteiger partial charge is 0.322 e. The Morgan fingerprint density at radius 3 is 2.73 bits per heavy atom. The van der Waals surface area contributed by atoms with Crippen molar-refractivity contribution >= 4 is 23.3 Å². The van der Waals surface area contributed by atoms with Crippen molar-refractivity contribution in [3.63, 3.8) is 0 Å². The molecule has 1 aliphatic rings. The lowest BCUT2D eigenvalue weighted by molar-refractivity contribution is -0.124. The number of amides is 3. The first-order chi connectivity index (χ1) is 7.19. The van der Waals surface area contributed by atoms with E-state index < -0.39 is 11.6 Å². The van der Waals surface area contributed by atoms with Gasteiger partial charge in [0.1, 0.15) is 5.54 Å². The zero-order valence-corrected chi connectivity index (χ0v) is 9.19. The van der Waals surface area contributed by atoms with E-state index >= 15 is 0 Å². The molecule has 0 unspecified atom stereocenters. The second-order valence-electron chi connectivity index (χ2n) is 3.58. The second kappa shape index (κ2) is 3.66. The predicted octanol–water partition coefficient (Wildman–Crippen LogP) is 1.58. The fraction of sp³-hybridized carbons (Fsp3) is 0.400. The molecule has 0 aliphatic carbocycles. The maximum Gasteiger partial charge on any atom is 0.322 e. The third-order valence-electron chi connectivity index (χ3n) is 2.58. The van der Waals surface area contributed by atoms with Crippen LogP contribution in [0.3, 0.4) is 0 Å². The lowest BCUT2D eigenvalue weighted by Gasteiger charge is -2.24. The number of urea groups is 1. The van der Waals surface area contributed by atoms with Gasteiger partial charge in [0, 0.05) is 0 Å². The van der Waals surface area contributed by atoms with E-state index in [2.05, 4.69) is 10.6 Å². The van der Waals surface area contributed by atoms with Gasteiger partial charge < -0.3 is 5.32 Å². The van der Waals surface area contributed by atoms with Crippen molar-refractivity contribution in [1.82, 2.24) is 10.6 Å². The molecule has 2 rings (SSSR count). The van der Waals surface area contributed by atoms with Gasteiger partial charge in [-0.25, -0.2) is 4.79 Å². The topological polar surface area (TPSA) is 58.2 Å². The van der Waals surface area contributed by atoms with Gasteiger partial charge in [-0.15, -0.1) is 0 Å². The highest BCUT2D eigenvalue weighted by molar-refractivity contribution is 7.08. The van der Waals surface area contributed by atoms with Crippen molar-refractivity contribution < 1.29 is 9.59 Å². The van der Waals surface area contributed by atoms with Crippen LogP contribution in [0.2, 0.25) is 0 Å². The molecule has 0 saturated carbocycles. The molecule has 1 aliphatic heterocycles. The average Bonchev–Trinajstić information content (AvgIpc) is 2.76. The fourth-order valence-electron chi connectivity index (χ4n) is 1.90. The van der Waals surface area contributed by atoms with E-state index in [-0.39, 0.29) is 5.91 Å². The van der Waals surface area contributed by atoms with Gasteiger partial charge in [0.25, 0.3) is 5.91 Å². The van der Waals surface area contributed by atoms with Crippen molar-refractivity contribution in [1.29, 1.82) is 0 Å². The molecule has 1 aromatic heterocycles. The van der Waals surface area contributed by atoms with Gasteiger partial charge in [0.05, 0.1) is 0 Å². The van der Waals surface area contributed by atoms with Gasteiger partial charge >= 0.3 is 6.03 Å². The maximum atomic E-state index is 11.8. The van der Waals surface area contributed by atoms with E-state index in [9.17, 15) is 9.59 Å². The van der Waals surface area contributed by atoms with Crippen molar-refractivity contribution in [2.45, 2.75) is 25.3 Å². The molecule has 0 bridgehead atoms. The molecule has 1 fully saturated rings. The molecule has 80 valence electrons. The molecule has 1 atom stereocenters. The van der Waals surface area contributed by atoms with E-state index in [4.69, 9.17) is 0 Å². The summed E-state index contributed by atoms with van der Waals surface area (Å²) in [4.78, 5) is 23.0. The van der Waals surface area contributed by atoms with Crippen LogP contribution in [0.4, 0.5) is 4.79 Å². The molecule has 0 spiro atoms. The summed E-state index contributed by atoms with van der Waals surface area (Å²) in [7, 11) is 0. The molecule has 4 nitrogen and oxygen atoms in total. The zero-order chi connectivity index (χ0) is 10.9. The molecule has 0 radical (unpaired) electrons. The highest BCUT2D eigenvalue weighted by Crippen LogP contribution is 2.31. The van der Waals surface area contributed by atoms with Crippen LogP contribution in [-0.2, 0) is 10.3 Å². The molecular weight excluding hydrogens is 212 g/mol. The third kappa shape index (κ3) is 1.52. The molecule has 5 heteroatoms. The Morgan fingerprint density at radius 1 is 1.47 bits per heavy atom. The summed E-state index contributed by atoms with van der Waals surface area (Å²) in [5.41, 5.74) is 0.0314. The summed E-state index contributed by atoms with van der Waals surface area (Å²) in [5, 5.41) is 8.83. The number of imide groups is 1.